The third-order valence-electron chi connectivity index (χ3n) is 4.64. The molecule has 7 heteroatoms. The predicted octanol–water partition coefficient (Wildman–Crippen LogP) is 3.71. The number of likely N-dealkylation sites (tertiary alicyclic amines) is 1. The first kappa shape index (κ1) is 20.3. The SMILES string of the molecule is CN=C(NCc1ccoc1)NCC1CCCN(C)C1c1cccs1.I. The van der Waals surface area contributed by atoms with E-state index in [0.29, 0.717) is 12.0 Å². The Morgan fingerprint density at radius 1 is 1.40 bits per heavy atom. The van der Waals surface area contributed by atoms with Crippen LogP contribution in [0, 0.1) is 5.92 Å². The summed E-state index contributed by atoms with van der Waals surface area (Å²) in [5.74, 6) is 1.43. The van der Waals surface area contributed by atoms with Gasteiger partial charge in [0.05, 0.1) is 12.5 Å². The second-order valence-electron chi connectivity index (χ2n) is 6.28. The fourth-order valence-electron chi connectivity index (χ4n) is 3.41. The van der Waals surface area contributed by atoms with E-state index in [9.17, 15) is 0 Å². The van der Waals surface area contributed by atoms with Gasteiger partial charge in [0, 0.05) is 36.6 Å². The van der Waals surface area contributed by atoms with Crippen LogP contribution in [-0.4, -0.2) is 38.0 Å². The summed E-state index contributed by atoms with van der Waals surface area (Å²) in [6.07, 6.45) is 5.95. The van der Waals surface area contributed by atoms with Crippen LogP contribution in [0.25, 0.3) is 0 Å². The molecule has 1 aliphatic heterocycles. The summed E-state index contributed by atoms with van der Waals surface area (Å²) in [6, 6.07) is 6.87. The zero-order chi connectivity index (χ0) is 16.8. The molecular formula is C18H27IN4OS. The maximum absolute atomic E-state index is 5.10. The van der Waals surface area contributed by atoms with E-state index in [2.05, 4.69) is 45.1 Å². The lowest BCUT2D eigenvalue weighted by Crippen LogP contribution is -2.44. The molecule has 2 atom stereocenters. The predicted molar refractivity (Wildman–Crippen MR) is 115 cm³/mol. The Balaban J connectivity index is 0.00000225. The maximum atomic E-state index is 5.10. The number of nitrogens with zero attached hydrogens (tertiary/aromatic N) is 2. The van der Waals surface area contributed by atoms with Gasteiger partial charge >= 0.3 is 0 Å². The van der Waals surface area contributed by atoms with Gasteiger partial charge in [-0.15, -0.1) is 35.3 Å². The highest BCUT2D eigenvalue weighted by Crippen LogP contribution is 2.36. The first-order valence-corrected chi connectivity index (χ1v) is 9.35. The van der Waals surface area contributed by atoms with E-state index in [0.717, 1.165) is 24.6 Å². The summed E-state index contributed by atoms with van der Waals surface area (Å²) in [5.41, 5.74) is 1.12. The number of guanidine groups is 1. The molecule has 0 bridgehead atoms. The van der Waals surface area contributed by atoms with Crippen molar-refractivity contribution >= 4 is 41.3 Å². The Morgan fingerprint density at radius 3 is 2.96 bits per heavy atom. The first-order valence-electron chi connectivity index (χ1n) is 8.47. The lowest BCUT2D eigenvalue weighted by Gasteiger charge is -2.39. The molecule has 138 valence electrons. The minimum Gasteiger partial charge on any atom is -0.472 e. The molecule has 25 heavy (non-hydrogen) atoms. The Hall–Kier alpha value is -1.06. The lowest BCUT2D eigenvalue weighted by molar-refractivity contribution is 0.125. The van der Waals surface area contributed by atoms with Gasteiger partial charge in [-0.3, -0.25) is 9.89 Å². The summed E-state index contributed by atoms with van der Waals surface area (Å²) < 4.78 is 5.10. The number of furan rings is 1. The van der Waals surface area contributed by atoms with Gasteiger partial charge in [-0.25, -0.2) is 0 Å². The fraction of sp³-hybridized carbons (Fsp3) is 0.500. The zero-order valence-electron chi connectivity index (χ0n) is 14.8. The highest BCUT2D eigenvalue weighted by molar-refractivity contribution is 14.0. The van der Waals surface area contributed by atoms with Crippen LogP contribution in [0.15, 0.2) is 45.5 Å². The number of aliphatic imine (C=N–C) groups is 1. The van der Waals surface area contributed by atoms with Crippen LogP contribution in [0.4, 0.5) is 0 Å². The van der Waals surface area contributed by atoms with E-state index in [1.54, 1.807) is 12.5 Å². The molecule has 1 saturated heterocycles. The molecule has 2 N–H and O–H groups in total. The highest BCUT2D eigenvalue weighted by Gasteiger charge is 2.31. The molecule has 1 aliphatic rings. The largest absolute Gasteiger partial charge is 0.472 e. The average Bonchev–Trinajstić information content (AvgIpc) is 3.29. The van der Waals surface area contributed by atoms with Crippen molar-refractivity contribution in [1.29, 1.82) is 0 Å². The third kappa shape index (κ3) is 5.46. The summed E-state index contributed by atoms with van der Waals surface area (Å²) >= 11 is 1.86. The molecule has 1 fully saturated rings. The molecule has 3 heterocycles. The van der Waals surface area contributed by atoms with E-state index in [-0.39, 0.29) is 24.0 Å². The molecule has 0 radical (unpaired) electrons. The summed E-state index contributed by atoms with van der Waals surface area (Å²) in [7, 11) is 4.05. The van der Waals surface area contributed by atoms with Crippen molar-refractivity contribution in [2.45, 2.75) is 25.4 Å². The minimum atomic E-state index is 0. The molecule has 0 aromatic carbocycles. The van der Waals surface area contributed by atoms with E-state index in [4.69, 9.17) is 4.42 Å². The Morgan fingerprint density at radius 2 is 2.28 bits per heavy atom. The molecule has 5 nitrogen and oxygen atoms in total. The molecular weight excluding hydrogens is 447 g/mol. The van der Waals surface area contributed by atoms with Gasteiger partial charge in [0.25, 0.3) is 0 Å². The van der Waals surface area contributed by atoms with E-state index in [1.165, 1.54) is 24.3 Å². The van der Waals surface area contributed by atoms with Gasteiger partial charge in [-0.05, 0) is 49.9 Å². The lowest BCUT2D eigenvalue weighted by atomic mass is 9.88. The molecule has 2 unspecified atom stereocenters. The van der Waals surface area contributed by atoms with Crippen molar-refractivity contribution in [1.82, 2.24) is 15.5 Å². The van der Waals surface area contributed by atoms with Crippen molar-refractivity contribution < 1.29 is 4.42 Å². The average molecular weight is 474 g/mol. The van der Waals surface area contributed by atoms with Gasteiger partial charge in [0.2, 0.25) is 0 Å². The van der Waals surface area contributed by atoms with E-state index in [1.807, 2.05) is 24.5 Å². The second-order valence-corrected chi connectivity index (χ2v) is 7.26. The van der Waals surface area contributed by atoms with Gasteiger partial charge in [0.1, 0.15) is 0 Å². The molecule has 0 amide bonds. The number of hydrogen-bond acceptors (Lipinski definition) is 4. The highest BCUT2D eigenvalue weighted by atomic mass is 127. The van der Waals surface area contributed by atoms with Gasteiger partial charge in [0.15, 0.2) is 5.96 Å². The maximum Gasteiger partial charge on any atom is 0.191 e. The molecule has 2 aromatic heterocycles. The Labute approximate surface area is 170 Å². The van der Waals surface area contributed by atoms with Crippen molar-refractivity contribution in [3.8, 4) is 0 Å². The fourth-order valence-corrected chi connectivity index (χ4v) is 4.39. The smallest absolute Gasteiger partial charge is 0.191 e. The second kappa shape index (κ2) is 10.2. The Bertz CT molecular complexity index is 630. The first-order chi connectivity index (χ1) is 11.8. The van der Waals surface area contributed by atoms with Gasteiger partial charge < -0.3 is 15.1 Å². The van der Waals surface area contributed by atoms with Crippen molar-refractivity contribution in [3.63, 3.8) is 0 Å². The van der Waals surface area contributed by atoms with Crippen LogP contribution in [0.5, 0.6) is 0 Å². The van der Waals surface area contributed by atoms with Crippen molar-refractivity contribution in [2.75, 3.05) is 27.2 Å². The number of thiophene rings is 1. The van der Waals surface area contributed by atoms with E-state index >= 15 is 0 Å². The van der Waals surface area contributed by atoms with Gasteiger partial charge in [-0.2, -0.15) is 0 Å². The molecule has 0 spiro atoms. The van der Waals surface area contributed by atoms with Crippen LogP contribution in [0.3, 0.4) is 0 Å². The quantitative estimate of drug-likeness (QED) is 0.394. The minimum absolute atomic E-state index is 0. The topological polar surface area (TPSA) is 52.8 Å². The monoisotopic (exact) mass is 474 g/mol. The van der Waals surface area contributed by atoms with Crippen LogP contribution in [-0.2, 0) is 6.54 Å². The third-order valence-corrected chi connectivity index (χ3v) is 5.58. The number of piperidine rings is 1. The standard InChI is InChI=1S/C18H26N4OS.HI/c1-19-18(20-11-14-7-9-23-13-14)21-12-15-5-3-8-22(2)17(15)16-6-4-10-24-16;/h4,6-7,9-10,13,15,17H,3,5,8,11-12H2,1-2H3,(H2,19,20,21);1H. The Kier molecular flexibility index (Phi) is 8.25. The number of rotatable bonds is 5. The summed E-state index contributed by atoms with van der Waals surface area (Å²) in [5, 5.41) is 9.01. The normalized spacial score (nSPS) is 21.6. The zero-order valence-corrected chi connectivity index (χ0v) is 17.9. The molecule has 0 saturated carbocycles. The number of halogens is 1. The van der Waals surface area contributed by atoms with Crippen LogP contribution >= 0.6 is 35.3 Å². The molecule has 3 rings (SSSR count). The molecule has 0 aliphatic carbocycles. The van der Waals surface area contributed by atoms with E-state index < -0.39 is 0 Å². The summed E-state index contributed by atoms with van der Waals surface area (Å²) in [4.78, 5) is 8.28. The van der Waals surface area contributed by atoms with Crippen LogP contribution in [0.2, 0.25) is 0 Å². The summed E-state index contributed by atoms with van der Waals surface area (Å²) in [6.45, 7) is 2.82. The van der Waals surface area contributed by atoms with Crippen molar-refractivity contribution in [3.05, 3.63) is 46.5 Å². The number of hydrogen-bond donors (Lipinski definition) is 2. The molecule has 2 aromatic rings. The van der Waals surface area contributed by atoms with Gasteiger partial charge in [-0.1, -0.05) is 6.07 Å². The van der Waals surface area contributed by atoms with Crippen LogP contribution in [0.1, 0.15) is 29.3 Å². The van der Waals surface area contributed by atoms with Crippen molar-refractivity contribution in [2.24, 2.45) is 10.9 Å². The number of nitrogens with one attached hydrogen (secondary N) is 2. The van der Waals surface area contributed by atoms with Crippen LogP contribution < -0.4 is 10.6 Å².